The standard InChI is InChI=1S/C24H27ClN4O2/c1-17-14-21(8-9-22(17)25)31-20-6-4-18(5-7-20)10-11-26-24-27-15-19(23(30)28-24)16-29-12-2-3-13-29/h4-9,14-15H,2-3,10-13,16H2,1H3,(H2,26,27,28,30). The number of aryl methyl sites for hydroxylation is 1. The van der Waals surface area contributed by atoms with Crippen LogP contribution in [0.5, 0.6) is 11.5 Å². The number of rotatable bonds is 8. The lowest BCUT2D eigenvalue weighted by Gasteiger charge is -2.13. The molecule has 3 aromatic rings. The number of H-pyrrole nitrogens is 1. The van der Waals surface area contributed by atoms with E-state index < -0.39 is 0 Å². The van der Waals surface area contributed by atoms with Gasteiger partial charge in [-0.2, -0.15) is 0 Å². The van der Waals surface area contributed by atoms with E-state index in [2.05, 4.69) is 20.2 Å². The summed E-state index contributed by atoms with van der Waals surface area (Å²) >= 11 is 6.06. The highest BCUT2D eigenvalue weighted by Crippen LogP contribution is 2.26. The summed E-state index contributed by atoms with van der Waals surface area (Å²) in [6.45, 7) is 5.41. The molecule has 31 heavy (non-hydrogen) atoms. The van der Waals surface area contributed by atoms with Gasteiger partial charge in [-0.05, 0) is 80.7 Å². The van der Waals surface area contributed by atoms with Crippen molar-refractivity contribution >= 4 is 17.5 Å². The molecular weight excluding hydrogens is 412 g/mol. The largest absolute Gasteiger partial charge is 0.457 e. The average Bonchev–Trinajstić information content (AvgIpc) is 3.27. The molecule has 0 aliphatic carbocycles. The third-order valence-electron chi connectivity index (χ3n) is 5.46. The number of benzene rings is 2. The van der Waals surface area contributed by atoms with Crippen molar-refractivity contribution in [2.75, 3.05) is 25.0 Å². The van der Waals surface area contributed by atoms with Crippen molar-refractivity contribution in [3.8, 4) is 11.5 Å². The highest BCUT2D eigenvalue weighted by Gasteiger charge is 2.14. The Labute approximate surface area is 187 Å². The van der Waals surface area contributed by atoms with Crippen LogP contribution in [0, 0.1) is 6.92 Å². The third kappa shape index (κ3) is 5.87. The lowest BCUT2D eigenvalue weighted by atomic mass is 10.1. The van der Waals surface area contributed by atoms with E-state index in [1.165, 1.54) is 18.4 Å². The van der Waals surface area contributed by atoms with E-state index in [-0.39, 0.29) is 5.56 Å². The predicted molar refractivity (Wildman–Crippen MR) is 124 cm³/mol. The normalized spacial score (nSPS) is 14.0. The van der Waals surface area contributed by atoms with E-state index in [4.69, 9.17) is 16.3 Å². The lowest BCUT2D eigenvalue weighted by Crippen LogP contribution is -2.25. The van der Waals surface area contributed by atoms with Gasteiger partial charge in [0, 0.05) is 29.9 Å². The van der Waals surface area contributed by atoms with Crippen molar-refractivity contribution in [1.82, 2.24) is 14.9 Å². The topological polar surface area (TPSA) is 70.2 Å². The third-order valence-corrected chi connectivity index (χ3v) is 5.88. The molecule has 6 nitrogen and oxygen atoms in total. The molecule has 0 atom stereocenters. The first-order valence-electron chi connectivity index (χ1n) is 10.6. The van der Waals surface area contributed by atoms with Crippen LogP contribution in [0.25, 0.3) is 0 Å². The summed E-state index contributed by atoms with van der Waals surface area (Å²) in [5.41, 5.74) is 2.81. The van der Waals surface area contributed by atoms with Gasteiger partial charge in [0.1, 0.15) is 11.5 Å². The molecule has 1 saturated heterocycles. The van der Waals surface area contributed by atoms with E-state index in [0.717, 1.165) is 47.2 Å². The maximum absolute atomic E-state index is 12.3. The van der Waals surface area contributed by atoms with Crippen molar-refractivity contribution < 1.29 is 4.74 Å². The summed E-state index contributed by atoms with van der Waals surface area (Å²) in [6.07, 6.45) is 4.90. The minimum Gasteiger partial charge on any atom is -0.457 e. The molecule has 1 aliphatic rings. The van der Waals surface area contributed by atoms with Crippen molar-refractivity contribution in [1.29, 1.82) is 0 Å². The van der Waals surface area contributed by atoms with Crippen LogP contribution in [0.2, 0.25) is 5.02 Å². The summed E-state index contributed by atoms with van der Waals surface area (Å²) in [4.78, 5) is 21.8. The molecule has 0 radical (unpaired) electrons. The molecule has 0 saturated carbocycles. The molecule has 4 rings (SSSR count). The lowest BCUT2D eigenvalue weighted by molar-refractivity contribution is 0.329. The fourth-order valence-corrected chi connectivity index (χ4v) is 3.79. The van der Waals surface area contributed by atoms with Crippen molar-refractivity contribution in [3.63, 3.8) is 0 Å². The van der Waals surface area contributed by atoms with Crippen LogP contribution in [-0.2, 0) is 13.0 Å². The number of likely N-dealkylation sites (tertiary alicyclic amines) is 1. The Kier molecular flexibility index (Phi) is 6.89. The number of aromatic nitrogens is 2. The van der Waals surface area contributed by atoms with Gasteiger partial charge in [-0.1, -0.05) is 23.7 Å². The van der Waals surface area contributed by atoms with Gasteiger partial charge in [0.25, 0.3) is 5.56 Å². The second kappa shape index (κ2) is 9.98. The fourth-order valence-electron chi connectivity index (χ4n) is 3.67. The van der Waals surface area contributed by atoms with Crippen LogP contribution in [-0.4, -0.2) is 34.5 Å². The van der Waals surface area contributed by atoms with Gasteiger partial charge in [-0.3, -0.25) is 14.7 Å². The summed E-state index contributed by atoms with van der Waals surface area (Å²) in [5.74, 6) is 2.05. The summed E-state index contributed by atoms with van der Waals surface area (Å²) in [7, 11) is 0. The number of anilines is 1. The Morgan fingerprint density at radius 2 is 1.87 bits per heavy atom. The predicted octanol–water partition coefficient (Wildman–Crippen LogP) is 4.77. The Morgan fingerprint density at radius 1 is 1.13 bits per heavy atom. The maximum atomic E-state index is 12.3. The number of aromatic amines is 1. The average molecular weight is 439 g/mol. The minimum atomic E-state index is -0.0664. The molecule has 0 spiro atoms. The van der Waals surface area contributed by atoms with Gasteiger partial charge < -0.3 is 10.1 Å². The first-order chi connectivity index (χ1) is 15.1. The molecule has 7 heteroatoms. The minimum absolute atomic E-state index is 0.0664. The van der Waals surface area contributed by atoms with Gasteiger partial charge in [0.15, 0.2) is 0 Å². The molecule has 162 valence electrons. The smallest absolute Gasteiger partial charge is 0.256 e. The second-order valence-corrected chi connectivity index (χ2v) is 8.31. The van der Waals surface area contributed by atoms with Gasteiger partial charge in [0.05, 0.1) is 0 Å². The molecule has 2 aromatic carbocycles. The van der Waals surface area contributed by atoms with E-state index >= 15 is 0 Å². The summed E-state index contributed by atoms with van der Waals surface area (Å²) in [6, 6.07) is 13.6. The summed E-state index contributed by atoms with van der Waals surface area (Å²) < 4.78 is 5.89. The first kappa shape index (κ1) is 21.4. The Hall–Kier alpha value is -2.83. The molecule has 1 aliphatic heterocycles. The molecule has 0 bridgehead atoms. The van der Waals surface area contributed by atoms with Crippen LogP contribution in [0.15, 0.2) is 53.5 Å². The highest BCUT2D eigenvalue weighted by atomic mass is 35.5. The van der Waals surface area contributed by atoms with Crippen molar-refractivity contribution in [3.05, 3.63) is 80.7 Å². The number of hydrogen-bond acceptors (Lipinski definition) is 5. The Morgan fingerprint density at radius 3 is 2.58 bits per heavy atom. The number of ether oxygens (including phenoxy) is 1. The molecule has 2 N–H and O–H groups in total. The van der Waals surface area contributed by atoms with E-state index in [1.807, 2.05) is 49.4 Å². The monoisotopic (exact) mass is 438 g/mol. The van der Waals surface area contributed by atoms with Gasteiger partial charge >= 0.3 is 0 Å². The van der Waals surface area contributed by atoms with E-state index in [0.29, 0.717) is 19.0 Å². The maximum Gasteiger partial charge on any atom is 0.256 e. The summed E-state index contributed by atoms with van der Waals surface area (Å²) in [5, 5.41) is 3.93. The van der Waals surface area contributed by atoms with Crippen LogP contribution in [0.1, 0.15) is 29.5 Å². The quantitative estimate of drug-likeness (QED) is 0.530. The second-order valence-electron chi connectivity index (χ2n) is 7.90. The zero-order chi connectivity index (χ0) is 21.6. The van der Waals surface area contributed by atoms with Crippen LogP contribution >= 0.6 is 11.6 Å². The van der Waals surface area contributed by atoms with Crippen molar-refractivity contribution in [2.24, 2.45) is 0 Å². The van der Waals surface area contributed by atoms with Gasteiger partial charge in [0.2, 0.25) is 5.95 Å². The number of hydrogen-bond donors (Lipinski definition) is 2. The SMILES string of the molecule is Cc1cc(Oc2ccc(CCNc3ncc(CN4CCCC4)c(=O)[nH]3)cc2)ccc1Cl. The molecular formula is C24H27ClN4O2. The van der Waals surface area contributed by atoms with Crippen molar-refractivity contribution in [2.45, 2.75) is 32.7 Å². The Bertz CT molecular complexity index is 1080. The van der Waals surface area contributed by atoms with Gasteiger partial charge in [-0.15, -0.1) is 0 Å². The van der Waals surface area contributed by atoms with Crippen LogP contribution < -0.4 is 15.6 Å². The zero-order valence-electron chi connectivity index (χ0n) is 17.7. The molecule has 1 fully saturated rings. The van der Waals surface area contributed by atoms with E-state index in [1.54, 1.807) is 6.20 Å². The fraction of sp³-hybridized carbons (Fsp3) is 0.333. The molecule has 0 unspecified atom stereocenters. The zero-order valence-corrected chi connectivity index (χ0v) is 18.4. The van der Waals surface area contributed by atoms with Crippen LogP contribution in [0.3, 0.4) is 0 Å². The Balaban J connectivity index is 1.27. The highest BCUT2D eigenvalue weighted by molar-refractivity contribution is 6.31. The first-order valence-corrected chi connectivity index (χ1v) is 11.0. The van der Waals surface area contributed by atoms with Crippen LogP contribution in [0.4, 0.5) is 5.95 Å². The number of halogens is 1. The number of nitrogens with zero attached hydrogens (tertiary/aromatic N) is 2. The van der Waals surface area contributed by atoms with Gasteiger partial charge in [-0.25, -0.2) is 4.98 Å². The molecule has 1 aromatic heterocycles. The molecule has 0 amide bonds. The van der Waals surface area contributed by atoms with E-state index in [9.17, 15) is 4.79 Å². The number of nitrogens with one attached hydrogen (secondary N) is 2. The molecule has 2 heterocycles.